The molecule has 2 aromatic carbocycles. The molecule has 2 nitrogen and oxygen atoms in total. The predicted molar refractivity (Wildman–Crippen MR) is 84.7 cm³/mol. The summed E-state index contributed by atoms with van der Waals surface area (Å²) in [7, 11) is 0. The molecule has 1 fully saturated rings. The molecule has 1 atom stereocenters. The van der Waals surface area contributed by atoms with Gasteiger partial charge in [-0.2, -0.15) is 0 Å². The van der Waals surface area contributed by atoms with Crippen LogP contribution in [0.15, 0.2) is 48.5 Å². The molecule has 0 radical (unpaired) electrons. The number of nitrogen functional groups attached to an aromatic ring is 1. The molecular weight excluding hydrogens is 268 g/mol. The second-order valence-corrected chi connectivity index (χ2v) is 5.82. The molecule has 1 aliphatic rings. The SMILES string of the molecule is Nc1cc(Cl)ccc1CN1CCCC1c1ccccc1. The summed E-state index contributed by atoms with van der Waals surface area (Å²) < 4.78 is 0. The molecule has 0 saturated carbocycles. The summed E-state index contributed by atoms with van der Waals surface area (Å²) >= 11 is 5.96. The van der Waals surface area contributed by atoms with Crippen molar-refractivity contribution in [2.24, 2.45) is 0 Å². The van der Waals surface area contributed by atoms with Crippen LogP contribution < -0.4 is 5.73 Å². The van der Waals surface area contributed by atoms with Crippen LogP contribution in [-0.2, 0) is 6.54 Å². The first-order valence-electron chi connectivity index (χ1n) is 7.07. The highest BCUT2D eigenvalue weighted by Crippen LogP contribution is 2.34. The van der Waals surface area contributed by atoms with Crippen LogP contribution in [0.4, 0.5) is 5.69 Å². The molecule has 1 aliphatic heterocycles. The van der Waals surface area contributed by atoms with E-state index in [0.29, 0.717) is 11.1 Å². The fraction of sp³-hybridized carbons (Fsp3) is 0.294. The molecule has 2 aromatic rings. The fourth-order valence-electron chi connectivity index (χ4n) is 3.00. The van der Waals surface area contributed by atoms with Gasteiger partial charge in [0.2, 0.25) is 0 Å². The molecule has 0 amide bonds. The summed E-state index contributed by atoms with van der Waals surface area (Å²) in [6.45, 7) is 2.02. The zero-order chi connectivity index (χ0) is 13.9. The third-order valence-electron chi connectivity index (χ3n) is 4.03. The highest BCUT2D eigenvalue weighted by atomic mass is 35.5. The Morgan fingerprint density at radius 1 is 1.15 bits per heavy atom. The predicted octanol–water partition coefficient (Wildman–Crippen LogP) is 4.26. The average Bonchev–Trinajstić information content (AvgIpc) is 2.91. The summed E-state index contributed by atoms with van der Waals surface area (Å²) in [6.07, 6.45) is 2.46. The number of halogens is 1. The molecule has 0 aliphatic carbocycles. The van der Waals surface area contributed by atoms with Gasteiger partial charge in [-0.05, 0) is 42.6 Å². The van der Waals surface area contributed by atoms with Crippen LogP contribution in [-0.4, -0.2) is 11.4 Å². The summed E-state index contributed by atoms with van der Waals surface area (Å²) in [5.74, 6) is 0. The molecule has 104 valence electrons. The maximum atomic E-state index is 6.07. The van der Waals surface area contributed by atoms with E-state index < -0.39 is 0 Å². The number of hydrogen-bond donors (Lipinski definition) is 1. The van der Waals surface area contributed by atoms with Crippen LogP contribution in [0.1, 0.15) is 30.0 Å². The number of nitrogens with two attached hydrogens (primary N) is 1. The van der Waals surface area contributed by atoms with E-state index in [1.165, 1.54) is 18.4 Å². The highest BCUT2D eigenvalue weighted by molar-refractivity contribution is 6.30. The normalized spacial score (nSPS) is 19.4. The van der Waals surface area contributed by atoms with Gasteiger partial charge in [0.05, 0.1) is 0 Å². The number of nitrogens with zero attached hydrogens (tertiary/aromatic N) is 1. The van der Waals surface area contributed by atoms with E-state index in [-0.39, 0.29) is 0 Å². The van der Waals surface area contributed by atoms with Gasteiger partial charge in [-0.15, -0.1) is 0 Å². The van der Waals surface area contributed by atoms with Crippen molar-refractivity contribution >= 4 is 17.3 Å². The molecule has 1 saturated heterocycles. The lowest BCUT2D eigenvalue weighted by Crippen LogP contribution is -2.23. The maximum Gasteiger partial charge on any atom is 0.0426 e. The van der Waals surface area contributed by atoms with Gasteiger partial charge in [-0.1, -0.05) is 48.0 Å². The van der Waals surface area contributed by atoms with Crippen molar-refractivity contribution in [3.63, 3.8) is 0 Å². The zero-order valence-electron chi connectivity index (χ0n) is 11.4. The van der Waals surface area contributed by atoms with Gasteiger partial charge >= 0.3 is 0 Å². The lowest BCUT2D eigenvalue weighted by molar-refractivity contribution is 0.249. The molecular formula is C17H19ClN2. The molecule has 1 heterocycles. The Kier molecular flexibility index (Phi) is 3.95. The summed E-state index contributed by atoms with van der Waals surface area (Å²) in [5.41, 5.74) is 9.43. The van der Waals surface area contributed by atoms with E-state index in [9.17, 15) is 0 Å². The van der Waals surface area contributed by atoms with E-state index >= 15 is 0 Å². The number of anilines is 1. The second kappa shape index (κ2) is 5.86. The van der Waals surface area contributed by atoms with Gasteiger partial charge in [0.25, 0.3) is 0 Å². The van der Waals surface area contributed by atoms with Crippen LogP contribution in [0, 0.1) is 0 Å². The van der Waals surface area contributed by atoms with E-state index in [1.807, 2.05) is 18.2 Å². The third-order valence-corrected chi connectivity index (χ3v) is 4.26. The van der Waals surface area contributed by atoms with E-state index in [4.69, 9.17) is 17.3 Å². The van der Waals surface area contributed by atoms with Crippen LogP contribution in [0.2, 0.25) is 5.02 Å². The Hall–Kier alpha value is -1.51. The molecule has 1 unspecified atom stereocenters. The highest BCUT2D eigenvalue weighted by Gasteiger charge is 2.26. The minimum Gasteiger partial charge on any atom is -0.398 e. The molecule has 3 heteroatoms. The smallest absolute Gasteiger partial charge is 0.0426 e. The van der Waals surface area contributed by atoms with Gasteiger partial charge < -0.3 is 5.73 Å². The lowest BCUT2D eigenvalue weighted by atomic mass is 10.0. The fourth-order valence-corrected chi connectivity index (χ4v) is 3.18. The molecule has 0 aromatic heterocycles. The molecule has 0 spiro atoms. The molecule has 20 heavy (non-hydrogen) atoms. The number of likely N-dealkylation sites (tertiary alicyclic amines) is 1. The first-order chi connectivity index (χ1) is 9.74. The van der Waals surface area contributed by atoms with Gasteiger partial charge in [-0.25, -0.2) is 0 Å². The first-order valence-corrected chi connectivity index (χ1v) is 7.45. The summed E-state index contributed by atoms with van der Waals surface area (Å²) in [4.78, 5) is 2.51. The van der Waals surface area contributed by atoms with Crippen molar-refractivity contribution in [2.45, 2.75) is 25.4 Å². The van der Waals surface area contributed by atoms with Crippen LogP contribution in [0.25, 0.3) is 0 Å². The van der Waals surface area contributed by atoms with Crippen LogP contribution in [0.3, 0.4) is 0 Å². The average molecular weight is 287 g/mol. The van der Waals surface area contributed by atoms with Crippen molar-refractivity contribution < 1.29 is 0 Å². The van der Waals surface area contributed by atoms with Crippen LogP contribution in [0.5, 0.6) is 0 Å². The lowest BCUT2D eigenvalue weighted by Gasteiger charge is -2.25. The van der Waals surface area contributed by atoms with Crippen molar-refractivity contribution in [1.29, 1.82) is 0 Å². The van der Waals surface area contributed by atoms with Gasteiger partial charge in [0, 0.05) is 23.3 Å². The number of rotatable bonds is 3. The van der Waals surface area contributed by atoms with Gasteiger partial charge in [-0.3, -0.25) is 4.90 Å². The molecule has 0 bridgehead atoms. The van der Waals surface area contributed by atoms with Crippen molar-refractivity contribution in [2.75, 3.05) is 12.3 Å². The largest absolute Gasteiger partial charge is 0.398 e. The molecule has 3 rings (SSSR count). The third kappa shape index (κ3) is 2.82. The minimum absolute atomic E-state index is 0.506. The standard InChI is InChI=1S/C17H19ClN2/c18-15-9-8-14(16(19)11-15)12-20-10-4-7-17(20)13-5-2-1-3-6-13/h1-3,5-6,8-9,11,17H,4,7,10,12,19H2. The Bertz CT molecular complexity index is 583. The zero-order valence-corrected chi connectivity index (χ0v) is 12.2. The van der Waals surface area contributed by atoms with E-state index in [0.717, 1.165) is 24.3 Å². The Morgan fingerprint density at radius 3 is 2.70 bits per heavy atom. The van der Waals surface area contributed by atoms with E-state index in [1.54, 1.807) is 0 Å². The summed E-state index contributed by atoms with van der Waals surface area (Å²) in [5, 5.41) is 0.701. The first kappa shape index (κ1) is 13.5. The van der Waals surface area contributed by atoms with Crippen molar-refractivity contribution in [3.8, 4) is 0 Å². The minimum atomic E-state index is 0.506. The monoisotopic (exact) mass is 286 g/mol. The van der Waals surface area contributed by atoms with Gasteiger partial charge in [0.1, 0.15) is 0 Å². The van der Waals surface area contributed by atoms with Crippen molar-refractivity contribution in [3.05, 3.63) is 64.7 Å². The summed E-state index contributed by atoms with van der Waals surface area (Å²) in [6, 6.07) is 17.0. The Morgan fingerprint density at radius 2 is 1.95 bits per heavy atom. The maximum absolute atomic E-state index is 6.07. The van der Waals surface area contributed by atoms with E-state index in [2.05, 4.69) is 35.2 Å². The second-order valence-electron chi connectivity index (χ2n) is 5.38. The number of benzene rings is 2. The van der Waals surface area contributed by atoms with Crippen LogP contribution >= 0.6 is 11.6 Å². The van der Waals surface area contributed by atoms with Crippen molar-refractivity contribution in [1.82, 2.24) is 4.90 Å². The van der Waals surface area contributed by atoms with Gasteiger partial charge in [0.15, 0.2) is 0 Å². The number of hydrogen-bond acceptors (Lipinski definition) is 2. The topological polar surface area (TPSA) is 29.3 Å². The molecule has 2 N–H and O–H groups in total. The Labute approximate surface area is 125 Å². The quantitative estimate of drug-likeness (QED) is 0.854. The Balaban J connectivity index is 1.79.